The van der Waals surface area contributed by atoms with Gasteiger partial charge in [-0.1, -0.05) is 25.7 Å². The minimum absolute atomic E-state index is 0.308. The summed E-state index contributed by atoms with van der Waals surface area (Å²) in [6, 6.07) is 2.82. The van der Waals surface area contributed by atoms with Gasteiger partial charge in [-0.15, -0.1) is 0 Å². The predicted octanol–water partition coefficient (Wildman–Crippen LogP) is 4.46. The van der Waals surface area contributed by atoms with E-state index in [-0.39, 0.29) is 5.69 Å². The fourth-order valence-electron chi connectivity index (χ4n) is 3.04. The summed E-state index contributed by atoms with van der Waals surface area (Å²) in [7, 11) is 0. The van der Waals surface area contributed by atoms with E-state index in [1.807, 2.05) is 24.8 Å². The highest BCUT2D eigenvalue weighted by Gasteiger charge is 2.27. The summed E-state index contributed by atoms with van der Waals surface area (Å²) in [6.45, 7) is 9.26. The molecule has 1 aromatic rings. The summed E-state index contributed by atoms with van der Waals surface area (Å²) in [5.41, 5.74) is 0.925. The van der Waals surface area contributed by atoms with Gasteiger partial charge in [0.1, 0.15) is 5.69 Å². The summed E-state index contributed by atoms with van der Waals surface area (Å²) >= 11 is 0. The highest BCUT2D eigenvalue weighted by molar-refractivity contribution is 6.01. The molecule has 168 valence electrons. The van der Waals surface area contributed by atoms with Crippen LogP contribution in [0.25, 0.3) is 0 Å². The highest BCUT2D eigenvalue weighted by Crippen LogP contribution is 2.26. The van der Waals surface area contributed by atoms with Gasteiger partial charge in [-0.25, -0.2) is 9.38 Å². The molecule has 0 radical (unpaired) electrons. The van der Waals surface area contributed by atoms with Crippen LogP contribution in [0.3, 0.4) is 0 Å². The van der Waals surface area contributed by atoms with Gasteiger partial charge in [0, 0.05) is 39.3 Å². The summed E-state index contributed by atoms with van der Waals surface area (Å²) in [6.07, 6.45) is 7.44. The van der Waals surface area contributed by atoms with Crippen molar-refractivity contribution >= 4 is 17.4 Å². The molecule has 1 saturated heterocycles. The van der Waals surface area contributed by atoms with Gasteiger partial charge in [0.05, 0.1) is 17.6 Å². The zero-order chi connectivity index (χ0) is 23.0. The van der Waals surface area contributed by atoms with E-state index < -0.39 is 17.7 Å². The molecule has 0 spiro atoms. The number of carbonyl (C=O) groups is 1. The topological polar surface area (TPSA) is 60.8 Å². The maximum Gasteiger partial charge on any atom is 0.286 e. The largest absolute Gasteiger partial charge is 0.352 e. The van der Waals surface area contributed by atoms with Crippen molar-refractivity contribution in [2.75, 3.05) is 31.5 Å². The van der Waals surface area contributed by atoms with E-state index in [0.29, 0.717) is 49.8 Å². The van der Waals surface area contributed by atoms with Crippen molar-refractivity contribution in [3.63, 3.8) is 0 Å². The Morgan fingerprint density at radius 2 is 1.94 bits per heavy atom. The number of alkyl halides is 2. The molecule has 1 aliphatic rings. The van der Waals surface area contributed by atoms with Crippen molar-refractivity contribution in [1.29, 1.82) is 0 Å². The first-order chi connectivity index (χ1) is 14.7. The Morgan fingerprint density at radius 3 is 2.42 bits per heavy atom. The van der Waals surface area contributed by atoms with Gasteiger partial charge in [0.25, 0.3) is 11.8 Å². The third kappa shape index (κ3) is 6.70. The molecule has 0 unspecified atom stereocenters. The van der Waals surface area contributed by atoms with Crippen LogP contribution < -0.4 is 5.32 Å². The molecule has 2 rings (SSSR count). The van der Waals surface area contributed by atoms with Gasteiger partial charge < -0.3 is 15.1 Å². The highest BCUT2D eigenvalue weighted by atomic mass is 19.3. The normalized spacial score (nSPS) is 16.1. The second kappa shape index (κ2) is 10.8. The van der Waals surface area contributed by atoms with Gasteiger partial charge in [0.2, 0.25) is 0 Å². The molecule has 6 nitrogen and oxygen atoms in total. The van der Waals surface area contributed by atoms with E-state index in [4.69, 9.17) is 0 Å². The molecule has 1 aliphatic heterocycles. The standard InChI is InChI=1S/C22H28F3N5O/c1-5-7-18(28-17-8-9-19(27-15-17)22(4,24)25)20(26-10-6-2)29-11-13-30(14-12-29)21(31)16(3)23/h6-10,15,28H,3,5,11-14H2,1-2,4H3/b10-6-,18-7-,26-20+. The van der Waals surface area contributed by atoms with Crippen LogP contribution in [0.1, 0.15) is 32.9 Å². The smallest absolute Gasteiger partial charge is 0.286 e. The maximum absolute atomic E-state index is 13.4. The number of aromatic nitrogens is 1. The molecule has 0 atom stereocenters. The summed E-state index contributed by atoms with van der Waals surface area (Å²) in [4.78, 5) is 23.6. The number of pyridine rings is 1. The van der Waals surface area contributed by atoms with E-state index in [2.05, 4.69) is 21.9 Å². The van der Waals surface area contributed by atoms with Gasteiger partial charge >= 0.3 is 0 Å². The Morgan fingerprint density at radius 1 is 1.29 bits per heavy atom. The van der Waals surface area contributed by atoms with Crippen molar-refractivity contribution in [3.8, 4) is 0 Å². The fraction of sp³-hybridized carbons (Fsp3) is 0.409. The minimum atomic E-state index is -3.01. The lowest BCUT2D eigenvalue weighted by molar-refractivity contribution is -0.129. The summed E-state index contributed by atoms with van der Waals surface area (Å²) in [5.74, 6) is -4.05. The minimum Gasteiger partial charge on any atom is -0.352 e. The SMILES string of the molecule is C=C(F)C(=O)N1CCN(C(=N/C=C\C)/C(=C/CC)Nc2ccc(C(C)(F)F)nc2)CC1. The number of nitrogens with zero attached hydrogens (tertiary/aromatic N) is 4. The molecule has 2 heterocycles. The molecule has 0 bridgehead atoms. The first kappa shape index (κ1) is 24.2. The van der Waals surface area contributed by atoms with Crippen molar-refractivity contribution in [1.82, 2.24) is 14.8 Å². The lowest BCUT2D eigenvalue weighted by Gasteiger charge is -2.36. The zero-order valence-electron chi connectivity index (χ0n) is 18.0. The number of halogens is 3. The van der Waals surface area contributed by atoms with Crippen LogP contribution in [0, 0.1) is 0 Å². The molecule has 0 aromatic carbocycles. The number of aliphatic imine (C=N–C) groups is 1. The number of amidine groups is 1. The molecular weight excluding hydrogens is 407 g/mol. The number of hydrogen-bond acceptors (Lipinski definition) is 4. The van der Waals surface area contributed by atoms with E-state index >= 15 is 0 Å². The number of allylic oxidation sites excluding steroid dienone is 2. The third-order valence-corrected chi connectivity index (χ3v) is 4.59. The molecule has 31 heavy (non-hydrogen) atoms. The van der Waals surface area contributed by atoms with E-state index in [1.165, 1.54) is 17.2 Å². The molecule has 1 N–H and O–H groups in total. The van der Waals surface area contributed by atoms with Crippen molar-refractivity contribution < 1.29 is 18.0 Å². The fourth-order valence-corrected chi connectivity index (χ4v) is 3.04. The van der Waals surface area contributed by atoms with Crippen LogP contribution in [0.15, 0.2) is 59.8 Å². The second-order valence-electron chi connectivity index (χ2n) is 7.09. The quantitative estimate of drug-likeness (QED) is 0.390. The zero-order valence-corrected chi connectivity index (χ0v) is 18.0. The number of piperazine rings is 1. The van der Waals surface area contributed by atoms with Crippen molar-refractivity contribution in [2.45, 2.75) is 33.1 Å². The third-order valence-electron chi connectivity index (χ3n) is 4.59. The molecule has 9 heteroatoms. The van der Waals surface area contributed by atoms with Gasteiger partial charge in [0.15, 0.2) is 11.7 Å². The average Bonchev–Trinajstić information content (AvgIpc) is 2.73. The Kier molecular flexibility index (Phi) is 8.41. The first-order valence-electron chi connectivity index (χ1n) is 10.1. The van der Waals surface area contributed by atoms with Crippen LogP contribution in [0.4, 0.5) is 18.9 Å². The van der Waals surface area contributed by atoms with Crippen LogP contribution in [0.5, 0.6) is 0 Å². The second-order valence-corrected chi connectivity index (χ2v) is 7.09. The number of rotatable bonds is 7. The van der Waals surface area contributed by atoms with Crippen LogP contribution >= 0.6 is 0 Å². The summed E-state index contributed by atoms with van der Waals surface area (Å²) in [5, 5.41) is 3.21. The van der Waals surface area contributed by atoms with Gasteiger partial charge in [-0.05, 0) is 25.5 Å². The van der Waals surface area contributed by atoms with Crippen molar-refractivity contribution in [3.05, 3.63) is 60.5 Å². The Hall–Kier alpha value is -3.10. The average molecular weight is 435 g/mol. The Balaban J connectivity index is 2.23. The summed E-state index contributed by atoms with van der Waals surface area (Å²) < 4.78 is 40.0. The number of hydrogen-bond donors (Lipinski definition) is 1. The predicted molar refractivity (Wildman–Crippen MR) is 116 cm³/mol. The number of nitrogens with one attached hydrogen (secondary N) is 1. The lowest BCUT2D eigenvalue weighted by Crippen LogP contribution is -2.51. The molecule has 1 aromatic heterocycles. The number of carbonyl (C=O) groups excluding carboxylic acids is 1. The first-order valence-corrected chi connectivity index (χ1v) is 10.1. The molecule has 0 saturated carbocycles. The number of anilines is 1. The van der Waals surface area contributed by atoms with Gasteiger partial charge in [-0.3, -0.25) is 9.78 Å². The Bertz CT molecular complexity index is 864. The Labute approximate surface area is 180 Å². The lowest BCUT2D eigenvalue weighted by atomic mass is 10.2. The van der Waals surface area contributed by atoms with E-state index in [1.54, 1.807) is 18.3 Å². The van der Waals surface area contributed by atoms with E-state index in [0.717, 1.165) is 6.92 Å². The molecule has 0 aliphatic carbocycles. The molecule has 1 amide bonds. The monoisotopic (exact) mass is 435 g/mol. The van der Waals surface area contributed by atoms with Gasteiger partial charge in [-0.2, -0.15) is 8.78 Å². The molecular formula is C22H28F3N5O. The van der Waals surface area contributed by atoms with Crippen LogP contribution in [-0.4, -0.2) is 52.7 Å². The number of amides is 1. The van der Waals surface area contributed by atoms with E-state index in [9.17, 15) is 18.0 Å². The molecule has 1 fully saturated rings. The van der Waals surface area contributed by atoms with Crippen molar-refractivity contribution in [2.24, 2.45) is 4.99 Å². The van der Waals surface area contributed by atoms with Crippen LogP contribution in [0.2, 0.25) is 0 Å². The van der Waals surface area contributed by atoms with Crippen LogP contribution in [-0.2, 0) is 10.7 Å². The maximum atomic E-state index is 13.4.